The monoisotopic (exact) mass is 561 g/mol. The van der Waals surface area contributed by atoms with Gasteiger partial charge in [0, 0.05) is 6.20 Å². The number of ether oxygens (including phenoxy) is 2. The number of aliphatic hydroxyl groups is 2. The number of hydrogen-bond acceptors (Lipinski definition) is 9. The van der Waals surface area contributed by atoms with Crippen LogP contribution in [0.4, 0.5) is 9.18 Å². The second-order valence-electron chi connectivity index (χ2n) is 8.74. The van der Waals surface area contributed by atoms with E-state index in [-0.39, 0.29) is 12.4 Å². The van der Waals surface area contributed by atoms with Crippen LogP contribution < -0.4 is 14.9 Å². The Labute approximate surface area is 219 Å². The van der Waals surface area contributed by atoms with Gasteiger partial charge in [0.15, 0.2) is 6.23 Å². The molecule has 16 heteroatoms. The van der Waals surface area contributed by atoms with Crippen LogP contribution in [0.2, 0.25) is 0 Å². The molecule has 1 saturated heterocycles. The zero-order chi connectivity index (χ0) is 27.6. The minimum Gasteiger partial charge on any atom is -0.465 e. The van der Waals surface area contributed by atoms with Gasteiger partial charge in [0.1, 0.15) is 37.3 Å². The number of carbonyl (C=O) groups excluding carboxylic acids is 2. The molecule has 1 fully saturated rings. The summed E-state index contributed by atoms with van der Waals surface area (Å²) in [5, 5.41) is 24.9. The van der Waals surface area contributed by atoms with Crippen LogP contribution in [-0.4, -0.2) is 83.1 Å². The molecule has 1 aromatic rings. The number of aliphatic hydroxyl groups excluding tert-OH is 2. The molecule has 0 aromatic heterocycles. The van der Waals surface area contributed by atoms with Gasteiger partial charge >= 0.3 is 19.7 Å². The fraction of sp³-hybridized carbons (Fsp3) is 0.524. The number of nitrogens with one attached hydrogen (secondary N) is 2. The minimum absolute atomic E-state index is 0.0538. The largest absolute Gasteiger partial charge is 0.465 e. The van der Waals surface area contributed by atoms with Crippen LogP contribution in [0.25, 0.3) is 0 Å². The van der Waals surface area contributed by atoms with Crippen LogP contribution in [0.15, 0.2) is 36.5 Å². The number of esters is 1. The zero-order valence-electron chi connectivity index (χ0n) is 20.2. The lowest BCUT2D eigenvalue weighted by atomic mass is 9.79. The highest BCUT2D eigenvalue weighted by Gasteiger charge is 2.55. The van der Waals surface area contributed by atoms with E-state index in [0.29, 0.717) is 0 Å². The summed E-state index contributed by atoms with van der Waals surface area (Å²) < 4.78 is 46.7. The Morgan fingerprint density at radius 2 is 2.03 bits per heavy atom. The van der Waals surface area contributed by atoms with E-state index in [2.05, 4.69) is 10.4 Å². The molecule has 2 radical (unpaired) electrons. The number of alkyl halides is 1. The van der Waals surface area contributed by atoms with Crippen molar-refractivity contribution in [3.8, 4) is 5.75 Å². The van der Waals surface area contributed by atoms with E-state index in [1.54, 1.807) is 6.92 Å². The van der Waals surface area contributed by atoms with Gasteiger partial charge in [-0.3, -0.25) is 14.2 Å². The minimum atomic E-state index is -4.44. The molecular formula is C21H27BClFN3O9P. The summed E-state index contributed by atoms with van der Waals surface area (Å²) in [6.07, 6.45) is -3.20. The van der Waals surface area contributed by atoms with Crippen molar-refractivity contribution in [1.82, 2.24) is 15.3 Å². The molecule has 4 N–H and O–H groups in total. The fourth-order valence-corrected chi connectivity index (χ4v) is 5.43. The molecule has 0 bridgehead atoms. The Kier molecular flexibility index (Phi) is 8.95. The predicted octanol–water partition coefficient (Wildman–Crippen LogP) is 1.31. The third-order valence-corrected chi connectivity index (χ3v) is 7.51. The third-order valence-electron chi connectivity index (χ3n) is 5.33. The molecule has 2 heterocycles. The van der Waals surface area contributed by atoms with E-state index < -0.39 is 67.1 Å². The van der Waals surface area contributed by atoms with E-state index >= 15 is 0 Å². The van der Waals surface area contributed by atoms with E-state index in [1.165, 1.54) is 38.3 Å². The average Bonchev–Trinajstić information content (AvgIpc) is 3.02. The van der Waals surface area contributed by atoms with Gasteiger partial charge in [0.2, 0.25) is 0 Å². The number of carbonyl (C=O) groups is 2. The number of benzene rings is 1. The van der Waals surface area contributed by atoms with Gasteiger partial charge in [0.05, 0.1) is 24.1 Å². The van der Waals surface area contributed by atoms with Crippen molar-refractivity contribution in [3.05, 3.63) is 42.4 Å². The molecule has 3 rings (SSSR count). The van der Waals surface area contributed by atoms with Crippen molar-refractivity contribution >= 4 is 39.2 Å². The highest BCUT2D eigenvalue weighted by Crippen LogP contribution is 2.48. The first-order valence-electron chi connectivity index (χ1n) is 11.1. The second kappa shape index (κ2) is 11.3. The fourth-order valence-electron chi connectivity index (χ4n) is 3.45. The van der Waals surface area contributed by atoms with E-state index in [0.717, 1.165) is 17.0 Å². The molecule has 37 heavy (non-hydrogen) atoms. The number of nitrogens with zero attached hydrogens (tertiary/aromatic N) is 1. The highest BCUT2D eigenvalue weighted by atomic mass is 35.5. The summed E-state index contributed by atoms with van der Waals surface area (Å²) in [6.45, 7) is 3.78. The van der Waals surface area contributed by atoms with Crippen molar-refractivity contribution in [2.24, 2.45) is 0 Å². The normalized spacial score (nSPS) is 29.5. The number of rotatable bonds is 10. The SMILES string of the molecule is [B][C@]1(Cl)[C@H](O)[C@@H](CO[P@](=O)(NC(C)(C)C(=O)OCC)Oc2ccc(F)cc2)O[C@H]1N1C=CC(O)NC1=O. The zero-order valence-corrected chi connectivity index (χ0v) is 21.8. The van der Waals surface area contributed by atoms with Crippen LogP contribution in [0, 0.1) is 5.82 Å². The quantitative estimate of drug-likeness (QED) is 0.142. The summed E-state index contributed by atoms with van der Waals surface area (Å²) in [4.78, 5) is 25.6. The molecule has 202 valence electrons. The topological polar surface area (TPSA) is 156 Å². The third kappa shape index (κ3) is 6.83. The summed E-state index contributed by atoms with van der Waals surface area (Å²) in [6, 6.07) is 3.72. The van der Waals surface area contributed by atoms with Crippen LogP contribution in [0.1, 0.15) is 20.8 Å². The van der Waals surface area contributed by atoms with Gasteiger partial charge in [-0.15, -0.1) is 11.6 Å². The number of amides is 2. The van der Waals surface area contributed by atoms with Crippen molar-refractivity contribution in [2.75, 3.05) is 13.2 Å². The molecule has 12 nitrogen and oxygen atoms in total. The Morgan fingerprint density at radius 3 is 2.62 bits per heavy atom. The van der Waals surface area contributed by atoms with Crippen molar-refractivity contribution in [2.45, 2.75) is 55.7 Å². The predicted molar refractivity (Wildman–Crippen MR) is 129 cm³/mol. The Bertz CT molecular complexity index is 1080. The number of halogens is 2. The van der Waals surface area contributed by atoms with Crippen LogP contribution in [0.3, 0.4) is 0 Å². The molecule has 6 atom stereocenters. The van der Waals surface area contributed by atoms with Gasteiger partial charge in [-0.2, -0.15) is 5.09 Å². The average molecular weight is 562 g/mol. The van der Waals surface area contributed by atoms with Gasteiger partial charge in [0.25, 0.3) is 0 Å². The smallest absolute Gasteiger partial charge is 0.459 e. The maximum absolute atomic E-state index is 13.7. The van der Waals surface area contributed by atoms with Gasteiger partial charge in [-0.25, -0.2) is 13.8 Å². The molecule has 2 aliphatic heterocycles. The Balaban J connectivity index is 1.80. The maximum atomic E-state index is 13.7. The van der Waals surface area contributed by atoms with Crippen molar-refractivity contribution < 1.29 is 47.3 Å². The van der Waals surface area contributed by atoms with E-state index in [1.807, 2.05) is 0 Å². The van der Waals surface area contributed by atoms with E-state index in [9.17, 15) is 28.8 Å². The first-order chi connectivity index (χ1) is 17.2. The lowest BCUT2D eigenvalue weighted by Crippen LogP contribution is -2.56. The number of hydrogen-bond donors (Lipinski definition) is 4. The molecule has 0 spiro atoms. The molecule has 1 unspecified atom stereocenters. The second-order valence-corrected chi connectivity index (χ2v) is 11.1. The van der Waals surface area contributed by atoms with Crippen molar-refractivity contribution in [3.63, 3.8) is 0 Å². The van der Waals surface area contributed by atoms with Crippen LogP contribution in [0.5, 0.6) is 5.75 Å². The molecule has 2 aliphatic rings. The Hall–Kier alpha value is -2.19. The summed E-state index contributed by atoms with van der Waals surface area (Å²) in [7, 11) is 1.60. The summed E-state index contributed by atoms with van der Waals surface area (Å²) in [5.74, 6) is -1.38. The molecule has 0 aliphatic carbocycles. The van der Waals surface area contributed by atoms with E-state index in [4.69, 9.17) is 38.0 Å². The Morgan fingerprint density at radius 1 is 1.38 bits per heavy atom. The first kappa shape index (κ1) is 29.4. The molecule has 2 amide bonds. The molecule has 1 aromatic carbocycles. The number of urea groups is 1. The molecular weight excluding hydrogens is 534 g/mol. The van der Waals surface area contributed by atoms with Crippen LogP contribution in [-0.2, 0) is 23.4 Å². The molecule has 0 saturated carbocycles. The lowest BCUT2D eigenvalue weighted by molar-refractivity contribution is -0.149. The summed E-state index contributed by atoms with van der Waals surface area (Å²) in [5.41, 5.74) is -1.56. The standard InChI is InChI=1S/C21H27BClFN3O9P/c1-4-33-18(30)20(2,3)26-37(32,36-13-7-5-12(24)6-8-13)34-11-14-16(29)21(22,23)17(35-14)27-10-9-15(28)25-19(27)31/h5-10,14-17,28-29H,4,11H2,1-3H3,(H,25,31)(H,26,32)/t14-,15?,16-,17-,21+,37-/m1/s1. The van der Waals surface area contributed by atoms with Gasteiger partial charge < -0.3 is 29.5 Å². The first-order valence-corrected chi connectivity index (χ1v) is 13.0. The van der Waals surface area contributed by atoms with Gasteiger partial charge in [-0.1, -0.05) is 0 Å². The maximum Gasteiger partial charge on any atom is 0.459 e. The van der Waals surface area contributed by atoms with Crippen LogP contribution >= 0.6 is 19.3 Å². The summed E-state index contributed by atoms with van der Waals surface area (Å²) >= 11 is 6.31. The van der Waals surface area contributed by atoms with Crippen molar-refractivity contribution in [1.29, 1.82) is 0 Å². The van der Waals surface area contributed by atoms with Gasteiger partial charge in [-0.05, 0) is 51.1 Å². The lowest BCUT2D eigenvalue weighted by Gasteiger charge is -2.35. The highest BCUT2D eigenvalue weighted by molar-refractivity contribution is 7.52.